The van der Waals surface area contributed by atoms with Gasteiger partial charge < -0.3 is 19.5 Å². The second-order valence-electron chi connectivity index (χ2n) is 6.03. The number of nitrogens with zero attached hydrogens (tertiary/aromatic N) is 1. The molecule has 3 rings (SSSR count). The third kappa shape index (κ3) is 4.65. The lowest BCUT2D eigenvalue weighted by molar-refractivity contribution is 0.0949. The molecule has 0 bridgehead atoms. The van der Waals surface area contributed by atoms with E-state index in [1.165, 1.54) is 17.4 Å². The van der Waals surface area contributed by atoms with Crippen molar-refractivity contribution in [3.05, 3.63) is 58.9 Å². The number of amides is 1. The molecule has 0 saturated heterocycles. The number of methoxy groups -OCH3 is 3. The molecule has 0 unspecified atom stereocenters. The van der Waals surface area contributed by atoms with Gasteiger partial charge in [-0.15, -0.1) is 11.3 Å². The number of hydrogen-bond acceptors (Lipinski definition) is 6. The number of hydrogen-bond donors (Lipinski definition) is 1. The van der Waals surface area contributed by atoms with Gasteiger partial charge in [0.1, 0.15) is 33.8 Å². The first-order chi connectivity index (χ1) is 14.1. The van der Waals surface area contributed by atoms with Crippen molar-refractivity contribution in [3.63, 3.8) is 0 Å². The van der Waals surface area contributed by atoms with Crippen LogP contribution in [0.3, 0.4) is 0 Å². The fourth-order valence-corrected chi connectivity index (χ4v) is 3.68. The van der Waals surface area contributed by atoms with Crippen LogP contribution in [-0.4, -0.2) is 38.8 Å². The quantitative estimate of drug-likeness (QED) is 0.602. The van der Waals surface area contributed by atoms with Gasteiger partial charge in [0, 0.05) is 35.2 Å². The van der Waals surface area contributed by atoms with Crippen molar-refractivity contribution in [2.24, 2.45) is 0 Å². The maximum absolute atomic E-state index is 13.9. The number of thiazole rings is 1. The average Bonchev–Trinajstić information content (AvgIpc) is 3.23. The van der Waals surface area contributed by atoms with Crippen LogP contribution in [-0.2, 0) is 6.42 Å². The number of rotatable bonds is 8. The fraction of sp³-hybridized carbons (Fsp3) is 0.238. The molecule has 29 heavy (non-hydrogen) atoms. The molecule has 0 aliphatic rings. The molecule has 8 heteroatoms. The number of carbonyl (C=O) groups is 1. The summed E-state index contributed by atoms with van der Waals surface area (Å²) in [5, 5.41) is 4.91. The van der Waals surface area contributed by atoms with E-state index in [-0.39, 0.29) is 17.4 Å². The van der Waals surface area contributed by atoms with E-state index in [4.69, 9.17) is 14.2 Å². The van der Waals surface area contributed by atoms with E-state index in [9.17, 15) is 9.18 Å². The van der Waals surface area contributed by atoms with Crippen molar-refractivity contribution in [1.82, 2.24) is 10.3 Å². The maximum atomic E-state index is 13.9. The molecule has 6 nitrogen and oxygen atoms in total. The highest BCUT2D eigenvalue weighted by atomic mass is 32.1. The third-order valence-electron chi connectivity index (χ3n) is 4.32. The predicted molar refractivity (Wildman–Crippen MR) is 110 cm³/mol. The van der Waals surface area contributed by atoms with Crippen LogP contribution in [0.4, 0.5) is 4.39 Å². The molecule has 3 aromatic rings. The molecule has 0 fully saturated rings. The van der Waals surface area contributed by atoms with E-state index in [1.54, 1.807) is 57.0 Å². The van der Waals surface area contributed by atoms with Crippen molar-refractivity contribution < 1.29 is 23.4 Å². The van der Waals surface area contributed by atoms with E-state index in [1.807, 2.05) is 0 Å². The third-order valence-corrected chi connectivity index (χ3v) is 5.19. The Hall–Kier alpha value is -3.13. The summed E-state index contributed by atoms with van der Waals surface area (Å²) in [5.41, 5.74) is 1.45. The molecule has 1 heterocycles. The first-order valence-corrected chi connectivity index (χ1v) is 9.72. The summed E-state index contributed by atoms with van der Waals surface area (Å²) in [6.07, 6.45) is 0.492. The van der Waals surface area contributed by atoms with Crippen LogP contribution < -0.4 is 19.5 Å². The van der Waals surface area contributed by atoms with Crippen molar-refractivity contribution >= 4 is 17.2 Å². The standard InChI is InChI=1S/C21H21FN2O4S/c1-26-13-10-18(27-2)15(19(11-13)28-3)8-9-23-20(25)17-12-29-21(24-17)14-6-4-5-7-16(14)22/h4-7,10-12H,8-9H2,1-3H3,(H,23,25). The Balaban J connectivity index is 1.67. The van der Waals surface area contributed by atoms with Crippen molar-refractivity contribution in [2.75, 3.05) is 27.9 Å². The SMILES string of the molecule is COc1cc(OC)c(CCNC(=O)c2csc(-c3ccccc3F)n2)c(OC)c1. The topological polar surface area (TPSA) is 69.7 Å². The van der Waals surface area contributed by atoms with Gasteiger partial charge in [-0.25, -0.2) is 9.37 Å². The zero-order valence-electron chi connectivity index (χ0n) is 16.3. The smallest absolute Gasteiger partial charge is 0.270 e. The van der Waals surface area contributed by atoms with Crippen LogP contribution in [0.15, 0.2) is 41.8 Å². The van der Waals surface area contributed by atoms with Gasteiger partial charge >= 0.3 is 0 Å². The molecule has 0 saturated carbocycles. The molecule has 0 aliphatic heterocycles. The zero-order valence-corrected chi connectivity index (χ0v) is 17.1. The highest BCUT2D eigenvalue weighted by molar-refractivity contribution is 7.13. The molecule has 152 valence electrons. The van der Waals surface area contributed by atoms with E-state index in [0.717, 1.165) is 5.56 Å². The second kappa shape index (κ2) is 9.38. The van der Waals surface area contributed by atoms with Crippen LogP contribution in [0, 0.1) is 5.82 Å². The number of benzene rings is 2. The maximum Gasteiger partial charge on any atom is 0.270 e. The number of ether oxygens (including phenoxy) is 3. The Morgan fingerprint density at radius 1 is 1.10 bits per heavy atom. The van der Waals surface area contributed by atoms with Crippen molar-refractivity contribution in [2.45, 2.75) is 6.42 Å². The van der Waals surface area contributed by atoms with Gasteiger partial charge in [0.05, 0.1) is 21.3 Å². The molecular formula is C21H21FN2O4S. The number of carbonyl (C=O) groups excluding carboxylic acids is 1. The first kappa shape index (κ1) is 20.6. The molecule has 0 radical (unpaired) electrons. The molecule has 1 aromatic heterocycles. The number of nitrogens with one attached hydrogen (secondary N) is 1. The second-order valence-corrected chi connectivity index (χ2v) is 6.89. The lowest BCUT2D eigenvalue weighted by Gasteiger charge is -2.15. The normalized spacial score (nSPS) is 10.5. The summed E-state index contributed by atoms with van der Waals surface area (Å²) in [4.78, 5) is 16.7. The summed E-state index contributed by atoms with van der Waals surface area (Å²) >= 11 is 1.23. The van der Waals surface area contributed by atoms with E-state index >= 15 is 0 Å². The van der Waals surface area contributed by atoms with Gasteiger partial charge in [-0.2, -0.15) is 0 Å². The van der Waals surface area contributed by atoms with E-state index in [0.29, 0.717) is 40.8 Å². The predicted octanol–water partition coefficient (Wildman–Crippen LogP) is 3.95. The van der Waals surface area contributed by atoms with Crippen LogP contribution in [0.25, 0.3) is 10.6 Å². The highest BCUT2D eigenvalue weighted by Crippen LogP contribution is 2.34. The fourth-order valence-electron chi connectivity index (χ4n) is 2.85. The summed E-state index contributed by atoms with van der Waals surface area (Å²) in [7, 11) is 4.70. The molecule has 0 aliphatic carbocycles. The molecule has 0 spiro atoms. The number of aromatic nitrogens is 1. The molecular weight excluding hydrogens is 395 g/mol. The van der Waals surface area contributed by atoms with Gasteiger partial charge in [0.25, 0.3) is 5.91 Å². The minimum absolute atomic E-state index is 0.252. The van der Waals surface area contributed by atoms with Gasteiger partial charge in [-0.3, -0.25) is 4.79 Å². The van der Waals surface area contributed by atoms with Crippen LogP contribution in [0.2, 0.25) is 0 Å². The van der Waals surface area contributed by atoms with Crippen LogP contribution >= 0.6 is 11.3 Å². The minimum atomic E-state index is -0.368. The van der Waals surface area contributed by atoms with Crippen molar-refractivity contribution in [1.29, 1.82) is 0 Å². The summed E-state index contributed by atoms with van der Waals surface area (Å²) in [5.74, 6) is 1.16. The molecule has 1 amide bonds. The lowest BCUT2D eigenvalue weighted by atomic mass is 10.1. The molecule has 2 aromatic carbocycles. The molecule has 1 N–H and O–H groups in total. The van der Waals surface area contributed by atoms with Gasteiger partial charge in [-0.1, -0.05) is 12.1 Å². The largest absolute Gasteiger partial charge is 0.496 e. The van der Waals surface area contributed by atoms with Crippen LogP contribution in [0.1, 0.15) is 16.1 Å². The van der Waals surface area contributed by atoms with Crippen LogP contribution in [0.5, 0.6) is 17.2 Å². The monoisotopic (exact) mass is 416 g/mol. The van der Waals surface area contributed by atoms with Gasteiger partial charge in [0.2, 0.25) is 0 Å². The summed E-state index contributed by atoms with van der Waals surface area (Å²) < 4.78 is 30.0. The molecule has 0 atom stereocenters. The van der Waals surface area contributed by atoms with Crippen molar-refractivity contribution in [3.8, 4) is 27.8 Å². The Morgan fingerprint density at radius 2 is 1.79 bits per heavy atom. The Morgan fingerprint density at radius 3 is 2.41 bits per heavy atom. The van der Waals surface area contributed by atoms with Gasteiger partial charge in [-0.05, 0) is 18.6 Å². The Labute approximate surface area is 172 Å². The van der Waals surface area contributed by atoms with E-state index < -0.39 is 0 Å². The average molecular weight is 416 g/mol. The Bertz CT molecular complexity index is 981. The summed E-state index contributed by atoms with van der Waals surface area (Å²) in [6, 6.07) is 9.88. The Kier molecular flexibility index (Phi) is 6.66. The van der Waals surface area contributed by atoms with Gasteiger partial charge in [0.15, 0.2) is 0 Å². The number of halogens is 1. The minimum Gasteiger partial charge on any atom is -0.496 e. The van der Waals surface area contributed by atoms with E-state index in [2.05, 4.69) is 10.3 Å². The zero-order chi connectivity index (χ0) is 20.8. The summed E-state index contributed by atoms with van der Waals surface area (Å²) in [6.45, 7) is 0.352. The highest BCUT2D eigenvalue weighted by Gasteiger charge is 2.16. The first-order valence-electron chi connectivity index (χ1n) is 8.85. The lowest BCUT2D eigenvalue weighted by Crippen LogP contribution is -2.26.